The Labute approximate surface area is 94.1 Å². The van der Waals surface area contributed by atoms with Gasteiger partial charge < -0.3 is 5.11 Å². The monoisotopic (exact) mass is 277 g/mol. The van der Waals surface area contributed by atoms with Crippen LogP contribution in [0.5, 0.6) is 0 Å². The van der Waals surface area contributed by atoms with E-state index in [0.29, 0.717) is 4.47 Å². The van der Waals surface area contributed by atoms with Gasteiger partial charge in [0.2, 0.25) is 0 Å². The maximum atomic E-state index is 12.7. The maximum absolute atomic E-state index is 12.7. The van der Waals surface area contributed by atoms with Gasteiger partial charge in [-0.15, -0.1) is 0 Å². The first-order chi connectivity index (χ1) is 7.15. The average molecular weight is 278 g/mol. The molecule has 0 saturated heterocycles. The highest BCUT2D eigenvalue weighted by Crippen LogP contribution is 2.17. The molecule has 1 aromatic carbocycles. The summed E-state index contributed by atoms with van der Waals surface area (Å²) in [6.07, 6.45) is 0. The van der Waals surface area contributed by atoms with Gasteiger partial charge in [-0.3, -0.25) is 9.63 Å². The van der Waals surface area contributed by atoms with E-state index in [9.17, 15) is 9.18 Å². The van der Waals surface area contributed by atoms with E-state index < -0.39 is 11.7 Å². The molecule has 82 valence electrons. The van der Waals surface area contributed by atoms with E-state index >= 15 is 0 Å². The van der Waals surface area contributed by atoms with Crippen molar-refractivity contribution in [2.45, 2.75) is 0 Å². The van der Waals surface area contributed by atoms with Crippen LogP contribution < -0.4 is 5.48 Å². The number of aliphatic hydroxyl groups excluding tert-OH is 1. The molecular weight excluding hydrogens is 269 g/mol. The standard InChI is InChI=1S/C9H9BrFNO3/c10-8-5-6(11)1-2-7(8)9(14)12-15-4-3-13/h1-2,5,13H,3-4H2,(H,12,14). The molecule has 1 aromatic rings. The number of halogens is 2. The van der Waals surface area contributed by atoms with E-state index in [2.05, 4.69) is 26.2 Å². The van der Waals surface area contributed by atoms with Crippen LogP contribution in [0.4, 0.5) is 4.39 Å². The minimum absolute atomic E-state index is 0.00452. The third kappa shape index (κ3) is 3.58. The van der Waals surface area contributed by atoms with E-state index in [4.69, 9.17) is 5.11 Å². The molecule has 2 N–H and O–H groups in total. The van der Waals surface area contributed by atoms with Gasteiger partial charge in [-0.05, 0) is 34.1 Å². The Morgan fingerprint density at radius 2 is 2.33 bits per heavy atom. The third-order valence-electron chi connectivity index (χ3n) is 1.53. The van der Waals surface area contributed by atoms with Gasteiger partial charge in [-0.2, -0.15) is 0 Å². The Balaban J connectivity index is 2.65. The molecule has 0 bridgehead atoms. The van der Waals surface area contributed by atoms with E-state index in [1.54, 1.807) is 0 Å². The van der Waals surface area contributed by atoms with Crippen LogP contribution in [-0.4, -0.2) is 24.2 Å². The highest BCUT2D eigenvalue weighted by atomic mass is 79.9. The normalized spacial score (nSPS) is 10.1. The van der Waals surface area contributed by atoms with Crippen LogP contribution in [0, 0.1) is 5.82 Å². The molecule has 15 heavy (non-hydrogen) atoms. The van der Waals surface area contributed by atoms with Crippen molar-refractivity contribution < 1.29 is 19.1 Å². The van der Waals surface area contributed by atoms with Crippen molar-refractivity contribution in [3.8, 4) is 0 Å². The zero-order valence-electron chi connectivity index (χ0n) is 7.67. The van der Waals surface area contributed by atoms with Gasteiger partial charge in [0.1, 0.15) is 5.82 Å². The number of hydroxylamine groups is 1. The summed E-state index contributed by atoms with van der Waals surface area (Å²) in [5.74, 6) is -0.940. The number of nitrogens with one attached hydrogen (secondary N) is 1. The molecule has 0 atom stereocenters. The molecule has 0 spiro atoms. The molecule has 0 saturated carbocycles. The highest BCUT2D eigenvalue weighted by molar-refractivity contribution is 9.10. The molecule has 0 fully saturated rings. The molecule has 1 amide bonds. The van der Waals surface area contributed by atoms with Crippen LogP contribution in [0.15, 0.2) is 22.7 Å². The van der Waals surface area contributed by atoms with Crippen molar-refractivity contribution in [2.24, 2.45) is 0 Å². The van der Waals surface area contributed by atoms with Crippen LogP contribution in [0.3, 0.4) is 0 Å². The molecule has 0 heterocycles. The largest absolute Gasteiger partial charge is 0.394 e. The van der Waals surface area contributed by atoms with Gasteiger partial charge in [0.05, 0.1) is 18.8 Å². The summed E-state index contributed by atoms with van der Waals surface area (Å²) < 4.78 is 13.0. The van der Waals surface area contributed by atoms with Crippen LogP contribution in [-0.2, 0) is 4.84 Å². The summed E-state index contributed by atoms with van der Waals surface area (Å²) in [5, 5.41) is 8.41. The van der Waals surface area contributed by atoms with Gasteiger partial charge in [0.25, 0.3) is 5.91 Å². The lowest BCUT2D eigenvalue weighted by molar-refractivity contribution is 0.0167. The molecular formula is C9H9BrFNO3. The number of amides is 1. The molecule has 0 aliphatic heterocycles. The smallest absolute Gasteiger partial charge is 0.275 e. The Morgan fingerprint density at radius 3 is 2.93 bits per heavy atom. The summed E-state index contributed by atoms with van der Waals surface area (Å²) in [6.45, 7) is -0.185. The molecule has 0 aliphatic rings. The van der Waals surface area contributed by atoms with Crippen molar-refractivity contribution in [1.29, 1.82) is 0 Å². The van der Waals surface area contributed by atoms with E-state index in [-0.39, 0.29) is 18.8 Å². The maximum Gasteiger partial charge on any atom is 0.275 e. The number of carbonyl (C=O) groups excluding carboxylic acids is 1. The zero-order chi connectivity index (χ0) is 11.3. The Kier molecular flexibility index (Phi) is 4.67. The first kappa shape index (κ1) is 12.1. The Morgan fingerprint density at radius 1 is 1.60 bits per heavy atom. The summed E-state index contributed by atoms with van der Waals surface area (Å²) in [6, 6.07) is 3.68. The fourth-order valence-corrected chi connectivity index (χ4v) is 1.42. The molecule has 0 aromatic heterocycles. The van der Waals surface area contributed by atoms with Crippen LogP contribution >= 0.6 is 15.9 Å². The summed E-state index contributed by atoms with van der Waals surface area (Å²) >= 11 is 3.05. The average Bonchev–Trinajstić information content (AvgIpc) is 2.17. The van der Waals surface area contributed by atoms with Crippen molar-refractivity contribution in [3.05, 3.63) is 34.1 Å². The van der Waals surface area contributed by atoms with Gasteiger partial charge in [0.15, 0.2) is 0 Å². The summed E-state index contributed by atoms with van der Waals surface area (Å²) in [5.41, 5.74) is 2.37. The van der Waals surface area contributed by atoms with E-state index in [1.807, 2.05) is 0 Å². The third-order valence-corrected chi connectivity index (χ3v) is 2.19. The minimum Gasteiger partial charge on any atom is -0.394 e. The van der Waals surface area contributed by atoms with Crippen molar-refractivity contribution in [2.75, 3.05) is 13.2 Å². The van der Waals surface area contributed by atoms with Crippen LogP contribution in [0.2, 0.25) is 0 Å². The minimum atomic E-state index is -0.504. The fourth-order valence-electron chi connectivity index (χ4n) is 0.891. The predicted molar refractivity (Wildman–Crippen MR) is 54.6 cm³/mol. The molecule has 0 unspecified atom stereocenters. The van der Waals surface area contributed by atoms with Gasteiger partial charge >= 0.3 is 0 Å². The molecule has 4 nitrogen and oxygen atoms in total. The highest BCUT2D eigenvalue weighted by Gasteiger charge is 2.10. The number of hydrogen-bond donors (Lipinski definition) is 2. The van der Waals surface area contributed by atoms with E-state index in [0.717, 1.165) is 0 Å². The first-order valence-corrected chi connectivity index (χ1v) is 4.92. The lowest BCUT2D eigenvalue weighted by Gasteiger charge is -2.05. The molecule has 0 radical (unpaired) electrons. The van der Waals surface area contributed by atoms with Crippen LogP contribution in [0.1, 0.15) is 10.4 Å². The van der Waals surface area contributed by atoms with Gasteiger partial charge in [-0.25, -0.2) is 9.87 Å². The van der Waals surface area contributed by atoms with Crippen LogP contribution in [0.25, 0.3) is 0 Å². The molecule has 6 heteroatoms. The Bertz CT molecular complexity index is 359. The predicted octanol–water partition coefficient (Wildman–Crippen LogP) is 1.24. The molecule has 1 rings (SSSR count). The topological polar surface area (TPSA) is 58.6 Å². The number of hydrogen-bond acceptors (Lipinski definition) is 3. The number of benzene rings is 1. The second-order valence-electron chi connectivity index (χ2n) is 2.63. The zero-order valence-corrected chi connectivity index (χ0v) is 9.25. The second kappa shape index (κ2) is 5.79. The van der Waals surface area contributed by atoms with Gasteiger partial charge in [0, 0.05) is 4.47 Å². The SMILES string of the molecule is O=C(NOCCO)c1ccc(F)cc1Br. The fraction of sp³-hybridized carbons (Fsp3) is 0.222. The molecule has 0 aliphatic carbocycles. The second-order valence-corrected chi connectivity index (χ2v) is 3.48. The van der Waals surface area contributed by atoms with Gasteiger partial charge in [-0.1, -0.05) is 0 Å². The number of aliphatic hydroxyl groups is 1. The van der Waals surface area contributed by atoms with Crippen molar-refractivity contribution in [1.82, 2.24) is 5.48 Å². The van der Waals surface area contributed by atoms with Crippen molar-refractivity contribution >= 4 is 21.8 Å². The summed E-state index contributed by atoms with van der Waals surface area (Å²) in [7, 11) is 0. The number of carbonyl (C=O) groups is 1. The van der Waals surface area contributed by atoms with Crippen molar-refractivity contribution in [3.63, 3.8) is 0 Å². The lowest BCUT2D eigenvalue weighted by atomic mass is 10.2. The Hall–Kier alpha value is -0.980. The van der Waals surface area contributed by atoms with E-state index in [1.165, 1.54) is 18.2 Å². The summed E-state index contributed by atoms with van der Waals surface area (Å²) in [4.78, 5) is 16.0. The first-order valence-electron chi connectivity index (χ1n) is 4.13. The quantitative estimate of drug-likeness (QED) is 0.643. The number of rotatable bonds is 4. The lowest BCUT2D eigenvalue weighted by Crippen LogP contribution is -2.25.